The van der Waals surface area contributed by atoms with Crippen LogP contribution in [-0.2, 0) is 25.7 Å². The molecule has 6 heteroatoms. The molecule has 6 rings (SSSR count). The Morgan fingerprint density at radius 2 is 1.28 bits per heavy atom. The number of benzene rings is 4. The SMILES string of the molecule is COc1cc(O)c2c(c1)CCc1cc(O)c(-c3c(OC)cc(O)c4c3CCc3cc(O)ccc3-4)cc1-2. The summed E-state index contributed by atoms with van der Waals surface area (Å²) in [7, 11) is 3.12. The van der Waals surface area contributed by atoms with Crippen molar-refractivity contribution in [1.82, 2.24) is 0 Å². The first-order valence-corrected chi connectivity index (χ1v) is 11.9. The zero-order chi connectivity index (χ0) is 25.1. The Labute approximate surface area is 208 Å². The summed E-state index contributed by atoms with van der Waals surface area (Å²) in [6, 6.07) is 14.0. The summed E-state index contributed by atoms with van der Waals surface area (Å²) in [5, 5.41) is 43.0. The lowest BCUT2D eigenvalue weighted by Crippen LogP contribution is -2.08. The number of fused-ring (bicyclic) bond motifs is 6. The smallest absolute Gasteiger partial charge is 0.130 e. The molecular weight excluding hydrogens is 456 g/mol. The third kappa shape index (κ3) is 3.25. The van der Waals surface area contributed by atoms with Crippen molar-refractivity contribution >= 4 is 0 Å². The zero-order valence-corrected chi connectivity index (χ0v) is 20.1. The van der Waals surface area contributed by atoms with Gasteiger partial charge < -0.3 is 29.9 Å². The maximum atomic E-state index is 11.2. The highest BCUT2D eigenvalue weighted by Crippen LogP contribution is 2.52. The number of phenols is 4. The number of methoxy groups -OCH3 is 2. The van der Waals surface area contributed by atoms with Gasteiger partial charge in [0.25, 0.3) is 0 Å². The van der Waals surface area contributed by atoms with Gasteiger partial charge in [-0.25, -0.2) is 0 Å². The van der Waals surface area contributed by atoms with Crippen molar-refractivity contribution in [3.05, 3.63) is 70.8 Å². The third-order valence-corrected chi connectivity index (χ3v) is 7.43. The number of aryl methyl sites for hydroxylation is 3. The highest BCUT2D eigenvalue weighted by atomic mass is 16.5. The van der Waals surface area contributed by atoms with Crippen LogP contribution in [0, 0.1) is 0 Å². The van der Waals surface area contributed by atoms with Gasteiger partial charge in [-0.2, -0.15) is 0 Å². The summed E-state index contributed by atoms with van der Waals surface area (Å²) < 4.78 is 11.0. The maximum Gasteiger partial charge on any atom is 0.130 e. The van der Waals surface area contributed by atoms with Crippen LogP contribution in [0.5, 0.6) is 34.5 Å². The van der Waals surface area contributed by atoms with Gasteiger partial charge in [-0.3, -0.25) is 0 Å². The van der Waals surface area contributed by atoms with Gasteiger partial charge >= 0.3 is 0 Å². The second kappa shape index (κ2) is 8.12. The Hall–Kier alpha value is -4.32. The minimum atomic E-state index is 0.0878. The van der Waals surface area contributed by atoms with E-state index in [9.17, 15) is 20.4 Å². The molecule has 0 bridgehead atoms. The van der Waals surface area contributed by atoms with Crippen LogP contribution in [0.15, 0.2) is 48.5 Å². The quantitative estimate of drug-likeness (QED) is 0.298. The molecule has 0 amide bonds. The van der Waals surface area contributed by atoms with Crippen molar-refractivity contribution in [3.8, 4) is 67.9 Å². The Morgan fingerprint density at radius 1 is 0.556 bits per heavy atom. The van der Waals surface area contributed by atoms with E-state index in [1.54, 1.807) is 44.6 Å². The second-order valence-corrected chi connectivity index (χ2v) is 9.38. The molecule has 0 saturated heterocycles. The molecule has 0 fully saturated rings. The van der Waals surface area contributed by atoms with Gasteiger partial charge in [-0.1, -0.05) is 6.07 Å². The average molecular weight is 483 g/mol. The molecular formula is C30H26O6. The maximum absolute atomic E-state index is 11.2. The van der Waals surface area contributed by atoms with Crippen molar-refractivity contribution in [1.29, 1.82) is 0 Å². The van der Waals surface area contributed by atoms with E-state index < -0.39 is 0 Å². The summed E-state index contributed by atoms with van der Waals surface area (Å²) in [5.74, 6) is 1.59. The first-order valence-electron chi connectivity index (χ1n) is 11.9. The minimum absolute atomic E-state index is 0.0878. The van der Waals surface area contributed by atoms with Gasteiger partial charge in [0, 0.05) is 34.4 Å². The summed E-state index contributed by atoms with van der Waals surface area (Å²) >= 11 is 0. The fourth-order valence-electron chi connectivity index (χ4n) is 5.82. The average Bonchev–Trinajstić information content (AvgIpc) is 2.87. The van der Waals surface area contributed by atoms with Crippen LogP contribution in [0.25, 0.3) is 33.4 Å². The lowest BCUT2D eigenvalue weighted by Gasteiger charge is -2.27. The summed E-state index contributed by atoms with van der Waals surface area (Å²) in [6.45, 7) is 0. The van der Waals surface area contributed by atoms with E-state index in [4.69, 9.17) is 9.47 Å². The number of hydrogen-bond acceptors (Lipinski definition) is 6. The molecule has 0 spiro atoms. The Morgan fingerprint density at radius 3 is 2.06 bits per heavy atom. The molecule has 6 nitrogen and oxygen atoms in total. The number of rotatable bonds is 3. The van der Waals surface area contributed by atoms with Crippen LogP contribution in [0.4, 0.5) is 0 Å². The van der Waals surface area contributed by atoms with E-state index in [1.165, 1.54) is 0 Å². The first kappa shape index (κ1) is 22.2. The normalized spacial score (nSPS) is 13.3. The van der Waals surface area contributed by atoms with E-state index in [2.05, 4.69) is 0 Å². The zero-order valence-electron chi connectivity index (χ0n) is 20.1. The molecule has 0 aromatic heterocycles. The largest absolute Gasteiger partial charge is 0.508 e. The number of phenolic OH excluding ortho intramolecular Hbond substituents is 4. The lowest BCUT2D eigenvalue weighted by atomic mass is 9.78. The van der Waals surface area contributed by atoms with E-state index >= 15 is 0 Å². The molecule has 2 aliphatic rings. The number of hydrogen-bond donors (Lipinski definition) is 4. The molecule has 0 unspecified atom stereocenters. The molecule has 0 aliphatic heterocycles. The molecule has 4 aromatic rings. The molecule has 182 valence electrons. The molecule has 2 aliphatic carbocycles. The van der Waals surface area contributed by atoms with Gasteiger partial charge in [-0.15, -0.1) is 0 Å². The van der Waals surface area contributed by atoms with Crippen molar-refractivity contribution in [2.24, 2.45) is 0 Å². The summed E-state index contributed by atoms with van der Waals surface area (Å²) in [5.41, 5.74) is 8.18. The predicted molar refractivity (Wildman–Crippen MR) is 137 cm³/mol. The van der Waals surface area contributed by atoms with Gasteiger partial charge in [-0.05, 0) is 89.4 Å². The standard InChI is InChI=1S/C30H26O6/c1-35-19-10-17-4-3-16-11-24(32)23(13-22(16)28(17)25(33)12-19)30-21-7-5-15-9-18(31)6-8-20(15)29(21)26(34)14-27(30)36-2/h6,8-14,31-34H,3-5,7H2,1-2H3. The minimum Gasteiger partial charge on any atom is -0.508 e. The molecule has 0 heterocycles. The van der Waals surface area contributed by atoms with Gasteiger partial charge in [0.2, 0.25) is 0 Å². The van der Waals surface area contributed by atoms with Crippen LogP contribution >= 0.6 is 0 Å². The molecule has 0 radical (unpaired) electrons. The van der Waals surface area contributed by atoms with E-state index in [0.717, 1.165) is 51.8 Å². The Kier molecular flexibility index (Phi) is 5.00. The van der Waals surface area contributed by atoms with Crippen molar-refractivity contribution in [2.45, 2.75) is 25.7 Å². The van der Waals surface area contributed by atoms with Crippen LogP contribution < -0.4 is 9.47 Å². The van der Waals surface area contributed by atoms with Crippen molar-refractivity contribution in [3.63, 3.8) is 0 Å². The molecule has 4 N–H and O–H groups in total. The van der Waals surface area contributed by atoms with E-state index in [-0.39, 0.29) is 23.0 Å². The van der Waals surface area contributed by atoms with Crippen molar-refractivity contribution in [2.75, 3.05) is 14.2 Å². The highest BCUT2D eigenvalue weighted by molar-refractivity contribution is 5.93. The van der Waals surface area contributed by atoms with Gasteiger partial charge in [0.15, 0.2) is 0 Å². The van der Waals surface area contributed by atoms with Crippen LogP contribution in [0.3, 0.4) is 0 Å². The Balaban J connectivity index is 1.62. The summed E-state index contributed by atoms with van der Waals surface area (Å²) in [6.07, 6.45) is 2.73. The lowest BCUT2D eigenvalue weighted by molar-refractivity contribution is 0.407. The second-order valence-electron chi connectivity index (χ2n) is 9.38. The van der Waals surface area contributed by atoms with Gasteiger partial charge in [0.1, 0.15) is 34.5 Å². The van der Waals surface area contributed by atoms with E-state index in [1.807, 2.05) is 18.2 Å². The monoisotopic (exact) mass is 482 g/mol. The predicted octanol–water partition coefficient (Wildman–Crippen LogP) is 5.72. The topological polar surface area (TPSA) is 99.4 Å². The highest BCUT2D eigenvalue weighted by Gasteiger charge is 2.29. The third-order valence-electron chi connectivity index (χ3n) is 7.43. The van der Waals surface area contributed by atoms with Crippen LogP contribution in [0.1, 0.15) is 22.3 Å². The molecule has 0 atom stereocenters. The molecule has 4 aromatic carbocycles. The fourth-order valence-corrected chi connectivity index (χ4v) is 5.82. The van der Waals surface area contributed by atoms with Crippen LogP contribution in [0.2, 0.25) is 0 Å². The first-order chi connectivity index (χ1) is 17.4. The van der Waals surface area contributed by atoms with Crippen LogP contribution in [-0.4, -0.2) is 34.6 Å². The fraction of sp³-hybridized carbons (Fsp3) is 0.200. The molecule has 0 saturated carbocycles. The summed E-state index contributed by atoms with van der Waals surface area (Å²) in [4.78, 5) is 0. The molecule has 36 heavy (non-hydrogen) atoms. The van der Waals surface area contributed by atoms with Gasteiger partial charge in [0.05, 0.1) is 14.2 Å². The number of aromatic hydroxyl groups is 4. The number of ether oxygens (including phenoxy) is 2. The Bertz CT molecular complexity index is 1550. The van der Waals surface area contributed by atoms with E-state index in [0.29, 0.717) is 41.0 Å². The van der Waals surface area contributed by atoms with Crippen molar-refractivity contribution < 1.29 is 29.9 Å².